The fourth-order valence-corrected chi connectivity index (χ4v) is 1.58. The summed E-state index contributed by atoms with van der Waals surface area (Å²) in [5.74, 6) is -0.961. The second-order valence-corrected chi connectivity index (χ2v) is 4.03. The van der Waals surface area contributed by atoms with E-state index in [2.05, 4.69) is 10.0 Å². The van der Waals surface area contributed by atoms with E-state index >= 15 is 0 Å². The summed E-state index contributed by atoms with van der Waals surface area (Å²) in [7, 11) is 0. The Labute approximate surface area is 111 Å². The molecule has 0 aromatic heterocycles. The van der Waals surface area contributed by atoms with Crippen molar-refractivity contribution in [2.24, 2.45) is 5.11 Å². The standard InChI is InChI=1S/C11H12F3N3O3/c12-11(13,14)7-5-6(1-2-8(7)18)10(20)9(19)3-4-16-17-15/h1-2,5,9-10,18-20H,3-4H2. The second-order valence-electron chi connectivity index (χ2n) is 4.03. The summed E-state index contributed by atoms with van der Waals surface area (Å²) in [6, 6.07) is 2.43. The van der Waals surface area contributed by atoms with Crippen LogP contribution < -0.4 is 0 Å². The molecule has 0 spiro atoms. The SMILES string of the molecule is [N-]=[N+]=NCCC(O)C(O)c1ccc(O)c(C(F)(F)F)c1. The van der Waals surface area contributed by atoms with Gasteiger partial charge in [-0.2, -0.15) is 13.2 Å². The van der Waals surface area contributed by atoms with Crippen molar-refractivity contribution in [3.63, 3.8) is 0 Å². The third-order valence-electron chi connectivity index (χ3n) is 2.62. The zero-order chi connectivity index (χ0) is 15.3. The lowest BCUT2D eigenvalue weighted by molar-refractivity contribution is -0.138. The number of benzene rings is 1. The van der Waals surface area contributed by atoms with Gasteiger partial charge in [-0.15, -0.1) is 0 Å². The Hall–Kier alpha value is -1.96. The van der Waals surface area contributed by atoms with Crippen LogP contribution in [0.4, 0.5) is 13.2 Å². The first-order chi connectivity index (χ1) is 9.27. The predicted octanol–water partition coefficient (Wildman–Crippen LogP) is 2.51. The number of aliphatic hydroxyl groups is 2. The average Bonchev–Trinajstić information content (AvgIpc) is 2.37. The molecule has 3 N–H and O–H groups in total. The highest BCUT2D eigenvalue weighted by Crippen LogP contribution is 2.37. The van der Waals surface area contributed by atoms with Gasteiger partial charge >= 0.3 is 6.18 Å². The molecule has 0 radical (unpaired) electrons. The first-order valence-electron chi connectivity index (χ1n) is 5.54. The topological polar surface area (TPSA) is 109 Å². The van der Waals surface area contributed by atoms with Gasteiger partial charge in [0.2, 0.25) is 0 Å². The van der Waals surface area contributed by atoms with Crippen LogP contribution in [0.3, 0.4) is 0 Å². The van der Waals surface area contributed by atoms with Crippen LogP contribution in [0.5, 0.6) is 5.75 Å². The summed E-state index contributed by atoms with van der Waals surface area (Å²) >= 11 is 0. The van der Waals surface area contributed by atoms with E-state index in [4.69, 9.17) is 10.6 Å². The zero-order valence-electron chi connectivity index (χ0n) is 10.1. The van der Waals surface area contributed by atoms with Gasteiger partial charge in [0.15, 0.2) is 0 Å². The van der Waals surface area contributed by atoms with E-state index in [0.29, 0.717) is 6.07 Å². The maximum Gasteiger partial charge on any atom is 0.419 e. The van der Waals surface area contributed by atoms with E-state index in [0.717, 1.165) is 12.1 Å². The molecule has 2 atom stereocenters. The summed E-state index contributed by atoms with van der Waals surface area (Å²) < 4.78 is 37.7. The van der Waals surface area contributed by atoms with E-state index in [1.807, 2.05) is 0 Å². The van der Waals surface area contributed by atoms with Crippen LogP contribution in [-0.4, -0.2) is 28.0 Å². The highest BCUT2D eigenvalue weighted by molar-refractivity contribution is 5.39. The number of alkyl halides is 3. The van der Waals surface area contributed by atoms with Crippen molar-refractivity contribution in [3.8, 4) is 5.75 Å². The molecule has 0 aliphatic carbocycles. The number of phenols is 1. The molecule has 110 valence electrons. The molecule has 1 aromatic carbocycles. The quantitative estimate of drug-likeness (QED) is 0.440. The lowest BCUT2D eigenvalue weighted by Crippen LogP contribution is -2.19. The van der Waals surface area contributed by atoms with E-state index in [1.165, 1.54) is 0 Å². The van der Waals surface area contributed by atoms with Crippen LogP contribution in [0.2, 0.25) is 0 Å². The molecule has 1 aromatic rings. The number of hydrogen-bond donors (Lipinski definition) is 3. The molecule has 0 aliphatic heterocycles. The first-order valence-corrected chi connectivity index (χ1v) is 5.54. The average molecular weight is 291 g/mol. The summed E-state index contributed by atoms with van der Waals surface area (Å²) in [5.41, 5.74) is 6.57. The Morgan fingerprint density at radius 3 is 2.50 bits per heavy atom. The predicted molar refractivity (Wildman–Crippen MR) is 62.7 cm³/mol. The van der Waals surface area contributed by atoms with Gasteiger partial charge in [0, 0.05) is 11.5 Å². The molecule has 9 heteroatoms. The fourth-order valence-electron chi connectivity index (χ4n) is 1.58. The molecule has 6 nitrogen and oxygen atoms in total. The van der Waals surface area contributed by atoms with Crippen molar-refractivity contribution >= 4 is 0 Å². The number of hydrogen-bond acceptors (Lipinski definition) is 4. The van der Waals surface area contributed by atoms with Gasteiger partial charge in [-0.25, -0.2) is 0 Å². The van der Waals surface area contributed by atoms with E-state index in [9.17, 15) is 23.4 Å². The minimum absolute atomic E-state index is 0.0983. The van der Waals surface area contributed by atoms with Crippen LogP contribution in [0.1, 0.15) is 23.7 Å². The summed E-state index contributed by atoms with van der Waals surface area (Å²) in [6.07, 6.45) is -7.83. The number of aliphatic hydroxyl groups excluding tert-OH is 2. The van der Waals surface area contributed by atoms with Gasteiger partial charge in [-0.3, -0.25) is 0 Å². The van der Waals surface area contributed by atoms with Crippen LogP contribution in [0, 0.1) is 0 Å². The number of halogens is 3. The minimum atomic E-state index is -4.77. The number of phenolic OH excluding ortho intramolecular Hbond substituents is 1. The smallest absolute Gasteiger partial charge is 0.419 e. The maximum absolute atomic E-state index is 12.6. The van der Waals surface area contributed by atoms with Gasteiger partial charge in [0.25, 0.3) is 0 Å². The van der Waals surface area contributed by atoms with Gasteiger partial charge in [0.1, 0.15) is 11.9 Å². The molecule has 0 amide bonds. The molecule has 0 saturated heterocycles. The van der Waals surface area contributed by atoms with Gasteiger partial charge in [-0.1, -0.05) is 11.2 Å². The molecule has 0 saturated carbocycles. The third-order valence-corrected chi connectivity index (χ3v) is 2.62. The van der Waals surface area contributed by atoms with Crippen molar-refractivity contribution in [1.29, 1.82) is 0 Å². The Morgan fingerprint density at radius 2 is 1.95 bits per heavy atom. The van der Waals surface area contributed by atoms with Gasteiger partial charge in [-0.05, 0) is 29.6 Å². The van der Waals surface area contributed by atoms with Crippen molar-refractivity contribution in [2.45, 2.75) is 24.8 Å². The number of nitrogens with zero attached hydrogens (tertiary/aromatic N) is 3. The zero-order valence-corrected chi connectivity index (χ0v) is 10.1. The largest absolute Gasteiger partial charge is 0.507 e. The molecule has 0 heterocycles. The molecule has 0 fully saturated rings. The normalized spacial score (nSPS) is 14.4. The van der Waals surface area contributed by atoms with Crippen LogP contribution >= 0.6 is 0 Å². The van der Waals surface area contributed by atoms with Crippen LogP contribution in [-0.2, 0) is 6.18 Å². The van der Waals surface area contributed by atoms with Crippen molar-refractivity contribution in [2.75, 3.05) is 6.54 Å². The van der Waals surface area contributed by atoms with E-state index in [1.54, 1.807) is 0 Å². The van der Waals surface area contributed by atoms with E-state index < -0.39 is 29.7 Å². The summed E-state index contributed by atoms with van der Waals surface area (Å²) in [6.45, 7) is -0.0983. The Bertz CT molecular complexity index is 515. The number of azide groups is 1. The van der Waals surface area contributed by atoms with Crippen molar-refractivity contribution < 1.29 is 28.5 Å². The lowest BCUT2D eigenvalue weighted by atomic mass is 9.99. The van der Waals surface area contributed by atoms with Gasteiger partial charge in [0.05, 0.1) is 11.7 Å². The number of rotatable bonds is 5. The molecule has 2 unspecified atom stereocenters. The first kappa shape index (κ1) is 16.1. The highest BCUT2D eigenvalue weighted by Gasteiger charge is 2.34. The van der Waals surface area contributed by atoms with Crippen LogP contribution in [0.15, 0.2) is 23.3 Å². The molecular formula is C11H12F3N3O3. The Morgan fingerprint density at radius 1 is 1.30 bits per heavy atom. The molecule has 0 aliphatic rings. The molecule has 0 bridgehead atoms. The number of aromatic hydroxyl groups is 1. The van der Waals surface area contributed by atoms with E-state index in [-0.39, 0.29) is 18.5 Å². The van der Waals surface area contributed by atoms with Crippen LogP contribution in [0.25, 0.3) is 10.4 Å². The highest BCUT2D eigenvalue weighted by atomic mass is 19.4. The molecule has 1 rings (SSSR count). The molecule has 20 heavy (non-hydrogen) atoms. The Kier molecular flexibility index (Phi) is 5.20. The summed E-state index contributed by atoms with van der Waals surface area (Å²) in [4.78, 5) is 2.45. The molecular weight excluding hydrogens is 279 g/mol. The third kappa shape index (κ3) is 4.02. The minimum Gasteiger partial charge on any atom is -0.507 e. The lowest BCUT2D eigenvalue weighted by Gasteiger charge is -2.19. The van der Waals surface area contributed by atoms with Gasteiger partial charge < -0.3 is 15.3 Å². The fraction of sp³-hybridized carbons (Fsp3) is 0.455. The van der Waals surface area contributed by atoms with Crippen molar-refractivity contribution in [3.05, 3.63) is 39.8 Å². The summed E-state index contributed by atoms with van der Waals surface area (Å²) in [5, 5.41) is 31.6. The maximum atomic E-state index is 12.6. The second kappa shape index (κ2) is 6.47. The monoisotopic (exact) mass is 291 g/mol. The van der Waals surface area contributed by atoms with Crippen molar-refractivity contribution in [1.82, 2.24) is 0 Å². The Balaban J connectivity index is 2.93.